The second-order valence-corrected chi connectivity index (χ2v) is 7.89. The molecule has 1 rings (SSSR count). The van der Waals surface area contributed by atoms with Crippen molar-refractivity contribution in [2.24, 2.45) is 11.5 Å². The number of carboxylic acid groups (broad SMARTS) is 2. The number of nitrogens with zero attached hydrogens (tertiary/aromatic N) is 1. The van der Waals surface area contributed by atoms with E-state index in [4.69, 9.17) is 16.6 Å². The number of nitrogens with two attached hydrogens (primary N) is 2. The molecule has 4 atom stereocenters. The van der Waals surface area contributed by atoms with Crippen molar-refractivity contribution in [3.05, 3.63) is 18.2 Å². The first-order valence-electron chi connectivity index (χ1n) is 10.4. The molecule has 0 aromatic carbocycles. The van der Waals surface area contributed by atoms with Crippen molar-refractivity contribution >= 4 is 48.2 Å². The Balaban J connectivity index is 3.07. The van der Waals surface area contributed by atoms with Crippen LogP contribution in [0, 0.1) is 0 Å². The van der Waals surface area contributed by atoms with Crippen LogP contribution in [0.25, 0.3) is 0 Å². The molecule has 0 saturated heterocycles. The van der Waals surface area contributed by atoms with Gasteiger partial charge in [-0.1, -0.05) is 0 Å². The Morgan fingerprint density at radius 3 is 2.03 bits per heavy atom. The molecule has 1 aromatic heterocycles. The lowest BCUT2D eigenvalue weighted by atomic mass is 10.1. The molecule has 194 valence electrons. The molecule has 4 unspecified atom stereocenters. The predicted molar refractivity (Wildman–Crippen MR) is 123 cm³/mol. The van der Waals surface area contributed by atoms with Crippen molar-refractivity contribution < 1.29 is 39.0 Å². The van der Waals surface area contributed by atoms with E-state index >= 15 is 0 Å². The van der Waals surface area contributed by atoms with Gasteiger partial charge < -0.3 is 42.6 Å². The molecule has 10 N–H and O–H groups in total. The SMILES string of the molecule is NC(=O)CCC(NC(=O)C(Cc1cnc[nH]1)NC(=O)C(CCC(=O)O)NC(=O)C(N)CS)C(=O)O. The number of hydrogen-bond donors (Lipinski definition) is 9. The molecule has 0 radical (unpaired) electrons. The Labute approximate surface area is 205 Å². The minimum absolute atomic E-state index is 0.0359. The van der Waals surface area contributed by atoms with Gasteiger partial charge in [-0.25, -0.2) is 9.78 Å². The van der Waals surface area contributed by atoms with Crippen molar-refractivity contribution in [2.45, 2.75) is 56.3 Å². The average Bonchev–Trinajstić information content (AvgIpc) is 3.30. The molecule has 1 aromatic rings. The number of H-pyrrole nitrogens is 1. The zero-order chi connectivity index (χ0) is 26.5. The summed E-state index contributed by atoms with van der Waals surface area (Å²) in [5.74, 6) is -5.98. The lowest BCUT2D eigenvalue weighted by Gasteiger charge is -2.24. The van der Waals surface area contributed by atoms with E-state index in [-0.39, 0.29) is 31.4 Å². The highest BCUT2D eigenvalue weighted by Crippen LogP contribution is 2.06. The van der Waals surface area contributed by atoms with E-state index in [1.54, 1.807) is 0 Å². The second kappa shape index (κ2) is 14.6. The van der Waals surface area contributed by atoms with Crippen LogP contribution in [0.1, 0.15) is 31.4 Å². The minimum Gasteiger partial charge on any atom is -0.481 e. The quantitative estimate of drug-likeness (QED) is 0.1000. The van der Waals surface area contributed by atoms with Gasteiger partial charge in [0.25, 0.3) is 0 Å². The molecule has 1 heterocycles. The third kappa shape index (κ3) is 10.9. The summed E-state index contributed by atoms with van der Waals surface area (Å²) in [6, 6.07) is -5.23. The molecular weight excluding hydrogens is 486 g/mol. The summed E-state index contributed by atoms with van der Waals surface area (Å²) in [5, 5.41) is 25.3. The molecule has 15 nitrogen and oxygen atoms in total. The largest absolute Gasteiger partial charge is 0.481 e. The number of aliphatic carboxylic acids is 2. The number of primary amides is 1. The Bertz CT molecular complexity index is 911. The molecule has 0 saturated carbocycles. The smallest absolute Gasteiger partial charge is 0.326 e. The van der Waals surface area contributed by atoms with Crippen LogP contribution in [0.2, 0.25) is 0 Å². The fourth-order valence-electron chi connectivity index (χ4n) is 2.81. The van der Waals surface area contributed by atoms with Crippen LogP contribution in [0.5, 0.6) is 0 Å². The lowest BCUT2D eigenvalue weighted by Crippen LogP contribution is -2.58. The summed E-state index contributed by atoms with van der Waals surface area (Å²) in [7, 11) is 0. The number of amides is 4. The number of carboxylic acids is 2. The Morgan fingerprint density at radius 2 is 1.51 bits per heavy atom. The van der Waals surface area contributed by atoms with Gasteiger partial charge in [0.15, 0.2) is 0 Å². The third-order valence-electron chi connectivity index (χ3n) is 4.72. The van der Waals surface area contributed by atoms with Crippen LogP contribution in [0.15, 0.2) is 12.5 Å². The Kier molecular flexibility index (Phi) is 12.2. The molecule has 35 heavy (non-hydrogen) atoms. The molecule has 16 heteroatoms. The van der Waals surface area contributed by atoms with Gasteiger partial charge in [-0.3, -0.25) is 24.0 Å². The number of carbonyl (C=O) groups is 6. The number of nitrogens with one attached hydrogen (secondary N) is 4. The number of aromatic amines is 1. The van der Waals surface area contributed by atoms with Crippen molar-refractivity contribution in [1.82, 2.24) is 25.9 Å². The number of imidazole rings is 1. The summed E-state index contributed by atoms with van der Waals surface area (Å²) in [6.45, 7) is 0. The van der Waals surface area contributed by atoms with Crippen molar-refractivity contribution in [3.63, 3.8) is 0 Å². The van der Waals surface area contributed by atoms with Gasteiger partial charge in [-0.05, 0) is 12.8 Å². The van der Waals surface area contributed by atoms with E-state index in [1.807, 2.05) is 0 Å². The van der Waals surface area contributed by atoms with Crippen LogP contribution in [-0.4, -0.2) is 85.7 Å². The van der Waals surface area contributed by atoms with E-state index in [0.29, 0.717) is 5.69 Å². The highest BCUT2D eigenvalue weighted by Gasteiger charge is 2.31. The lowest BCUT2D eigenvalue weighted by molar-refractivity contribution is -0.142. The molecule has 4 amide bonds. The van der Waals surface area contributed by atoms with E-state index in [1.165, 1.54) is 12.5 Å². The number of hydrogen-bond acceptors (Lipinski definition) is 9. The topological polar surface area (TPSA) is 260 Å². The van der Waals surface area contributed by atoms with Gasteiger partial charge in [-0.2, -0.15) is 12.6 Å². The van der Waals surface area contributed by atoms with E-state index in [0.717, 1.165) is 0 Å². The highest BCUT2D eigenvalue weighted by molar-refractivity contribution is 7.80. The van der Waals surface area contributed by atoms with Crippen molar-refractivity contribution in [2.75, 3.05) is 5.75 Å². The zero-order valence-electron chi connectivity index (χ0n) is 18.6. The molecule has 0 fully saturated rings. The first kappa shape index (κ1) is 29.4. The Morgan fingerprint density at radius 1 is 0.943 bits per heavy atom. The summed E-state index contributed by atoms with van der Waals surface area (Å²) in [4.78, 5) is 78.0. The zero-order valence-corrected chi connectivity index (χ0v) is 19.5. The van der Waals surface area contributed by atoms with Crippen LogP contribution < -0.4 is 27.4 Å². The van der Waals surface area contributed by atoms with Gasteiger partial charge in [0.2, 0.25) is 23.6 Å². The number of thiol groups is 1. The maximum absolute atomic E-state index is 12.9. The van der Waals surface area contributed by atoms with Crippen LogP contribution in [0.3, 0.4) is 0 Å². The minimum atomic E-state index is -1.47. The summed E-state index contributed by atoms with van der Waals surface area (Å²) in [6.07, 6.45) is 1.21. The normalized spacial score (nSPS) is 14.1. The van der Waals surface area contributed by atoms with Crippen molar-refractivity contribution in [1.29, 1.82) is 0 Å². The van der Waals surface area contributed by atoms with Crippen LogP contribution >= 0.6 is 12.6 Å². The number of rotatable bonds is 16. The maximum atomic E-state index is 12.9. The van der Waals surface area contributed by atoms with Crippen LogP contribution in [0.4, 0.5) is 0 Å². The molecule has 0 bridgehead atoms. The molecule has 0 aliphatic rings. The first-order valence-corrected chi connectivity index (χ1v) is 11.1. The van der Waals surface area contributed by atoms with Crippen LogP contribution in [-0.2, 0) is 35.2 Å². The predicted octanol–water partition coefficient (Wildman–Crippen LogP) is -3.12. The first-order chi connectivity index (χ1) is 16.4. The van der Waals surface area contributed by atoms with E-state index < -0.39 is 66.2 Å². The molecular formula is C19H29N7O8S. The monoisotopic (exact) mass is 515 g/mol. The standard InChI is InChI=1S/C19H29N7O8S/c20-10(7-35)16(30)24-11(2-4-15(28)29)17(31)26-13(5-9-6-22-8-23-9)18(32)25-12(19(33)34)1-3-14(21)27/h6,8,10-13,35H,1-5,7,20H2,(H2,21,27)(H,22,23)(H,24,30)(H,25,32)(H,26,31)(H,28,29)(H,33,34). The Hall–Kier alpha value is -3.66. The van der Waals surface area contributed by atoms with E-state index in [2.05, 4.69) is 38.5 Å². The second-order valence-electron chi connectivity index (χ2n) is 7.53. The summed E-state index contributed by atoms with van der Waals surface area (Å²) in [5.41, 5.74) is 11.0. The van der Waals surface area contributed by atoms with E-state index in [9.17, 15) is 33.9 Å². The van der Waals surface area contributed by atoms with Crippen molar-refractivity contribution in [3.8, 4) is 0 Å². The average molecular weight is 516 g/mol. The fourth-order valence-corrected chi connectivity index (χ4v) is 2.98. The molecule has 0 spiro atoms. The van der Waals surface area contributed by atoms with Gasteiger partial charge in [0, 0.05) is 36.9 Å². The fraction of sp³-hybridized carbons (Fsp3) is 0.526. The maximum Gasteiger partial charge on any atom is 0.326 e. The van der Waals surface area contributed by atoms with Gasteiger partial charge in [0.05, 0.1) is 12.4 Å². The van der Waals surface area contributed by atoms with Gasteiger partial charge in [-0.15, -0.1) is 0 Å². The van der Waals surface area contributed by atoms with Gasteiger partial charge >= 0.3 is 11.9 Å². The number of aromatic nitrogens is 2. The molecule has 0 aliphatic heterocycles. The summed E-state index contributed by atoms with van der Waals surface area (Å²) >= 11 is 3.90. The van der Waals surface area contributed by atoms with Gasteiger partial charge in [0.1, 0.15) is 18.1 Å². The highest BCUT2D eigenvalue weighted by atomic mass is 32.1. The summed E-state index contributed by atoms with van der Waals surface area (Å²) < 4.78 is 0. The number of carbonyl (C=O) groups excluding carboxylic acids is 4. The molecule has 0 aliphatic carbocycles. The third-order valence-corrected chi connectivity index (χ3v) is 5.11.